The number of rotatable bonds is 4. The molecule has 0 atom stereocenters. The van der Waals surface area contributed by atoms with Gasteiger partial charge in [-0.25, -0.2) is 4.79 Å². The first-order valence-electron chi connectivity index (χ1n) is 4.12. The molecule has 0 aliphatic carbocycles. The minimum atomic E-state index is -0.851. The maximum atomic E-state index is 10.9. The van der Waals surface area contributed by atoms with E-state index in [2.05, 4.69) is 0 Å². The molecule has 1 rings (SSSR count). The number of ether oxygens (including phenoxy) is 1. The van der Waals surface area contributed by atoms with Crippen LogP contribution in [0.2, 0.25) is 0 Å². The summed E-state index contributed by atoms with van der Waals surface area (Å²) in [5, 5.41) is 11.7. The summed E-state index contributed by atoms with van der Waals surface area (Å²) < 4.78 is 4.69. The Bertz CT molecular complexity index is 339. The van der Waals surface area contributed by atoms with E-state index in [0.29, 0.717) is 6.67 Å². The molecular formula is C9H9N2O4. The van der Waals surface area contributed by atoms with E-state index in [0.717, 1.165) is 5.56 Å². The highest BCUT2D eigenvalue weighted by molar-refractivity contribution is 5.67. The summed E-state index contributed by atoms with van der Waals surface area (Å²) in [5.41, 5.74) is 0.814. The fourth-order valence-electron chi connectivity index (χ4n) is 0.870. The summed E-state index contributed by atoms with van der Waals surface area (Å²) in [5.74, 6) is 0. The SMILES string of the molecule is O=C(N[CH][N+](=O)[O-])OCc1ccccc1. The lowest BCUT2D eigenvalue weighted by Gasteiger charge is -2.03. The van der Waals surface area contributed by atoms with Gasteiger partial charge in [-0.15, -0.1) is 0 Å². The third-order valence-corrected chi connectivity index (χ3v) is 1.50. The standard InChI is InChI=1S/C9H9N2O4/c12-9(10-7-11(13)14)15-6-8-4-2-1-3-5-8/h1-5,7H,6H2,(H,10,12). The molecule has 0 aliphatic rings. The Balaban J connectivity index is 2.26. The minimum Gasteiger partial charge on any atom is -0.445 e. The van der Waals surface area contributed by atoms with Crippen molar-refractivity contribution in [2.75, 3.05) is 0 Å². The van der Waals surface area contributed by atoms with Gasteiger partial charge in [-0.3, -0.25) is 15.4 Å². The molecule has 0 saturated heterocycles. The van der Waals surface area contributed by atoms with Crippen LogP contribution in [0, 0.1) is 16.8 Å². The quantitative estimate of drug-likeness (QED) is 0.598. The number of carbonyl (C=O) groups is 1. The van der Waals surface area contributed by atoms with Crippen molar-refractivity contribution in [1.29, 1.82) is 0 Å². The molecule has 0 saturated carbocycles. The van der Waals surface area contributed by atoms with Gasteiger partial charge >= 0.3 is 12.8 Å². The highest BCUT2D eigenvalue weighted by Gasteiger charge is 2.06. The van der Waals surface area contributed by atoms with E-state index < -0.39 is 11.0 Å². The van der Waals surface area contributed by atoms with Gasteiger partial charge < -0.3 is 4.74 Å². The van der Waals surface area contributed by atoms with E-state index in [1.807, 2.05) is 11.4 Å². The predicted octanol–water partition coefficient (Wildman–Crippen LogP) is 1.31. The Morgan fingerprint density at radius 2 is 2.13 bits per heavy atom. The van der Waals surface area contributed by atoms with Crippen molar-refractivity contribution >= 4 is 6.09 Å². The first-order chi connectivity index (χ1) is 7.18. The number of hydrogen-bond donors (Lipinski definition) is 1. The number of nitro groups is 1. The highest BCUT2D eigenvalue weighted by Crippen LogP contribution is 2.00. The molecule has 1 N–H and O–H groups in total. The summed E-state index contributed by atoms with van der Waals surface area (Å²) in [4.78, 5) is 19.9. The van der Waals surface area contributed by atoms with Crippen LogP contribution in [0.5, 0.6) is 0 Å². The lowest BCUT2D eigenvalue weighted by molar-refractivity contribution is -0.440. The number of alkyl carbamates (subject to hydrolysis) is 1. The number of hydrogen-bond acceptors (Lipinski definition) is 4. The Morgan fingerprint density at radius 3 is 2.73 bits per heavy atom. The summed E-state index contributed by atoms with van der Waals surface area (Å²) >= 11 is 0. The first kappa shape index (κ1) is 11.0. The zero-order valence-electron chi connectivity index (χ0n) is 7.75. The molecule has 0 unspecified atom stereocenters. The number of nitrogens with zero attached hydrogens (tertiary/aromatic N) is 1. The third kappa shape index (κ3) is 4.61. The molecule has 0 spiro atoms. The number of nitrogens with one attached hydrogen (secondary N) is 1. The van der Waals surface area contributed by atoms with E-state index in [-0.39, 0.29) is 6.61 Å². The fraction of sp³-hybridized carbons (Fsp3) is 0.111. The molecular weight excluding hydrogens is 200 g/mol. The smallest absolute Gasteiger partial charge is 0.412 e. The average Bonchev–Trinajstić information content (AvgIpc) is 2.25. The summed E-state index contributed by atoms with van der Waals surface area (Å²) in [6.45, 7) is 0.506. The Kier molecular flexibility index (Phi) is 4.08. The number of carbonyl (C=O) groups excluding carboxylic acids is 1. The van der Waals surface area contributed by atoms with Gasteiger partial charge in [0, 0.05) is 0 Å². The van der Waals surface area contributed by atoms with Crippen molar-refractivity contribution in [2.24, 2.45) is 0 Å². The largest absolute Gasteiger partial charge is 0.445 e. The molecule has 1 amide bonds. The van der Waals surface area contributed by atoms with Crippen molar-refractivity contribution in [3.05, 3.63) is 52.7 Å². The van der Waals surface area contributed by atoms with Gasteiger partial charge in [-0.2, -0.15) is 0 Å². The van der Waals surface area contributed by atoms with Crippen LogP contribution in [0.15, 0.2) is 30.3 Å². The Hall–Kier alpha value is -2.11. The van der Waals surface area contributed by atoms with Crippen LogP contribution in [0.1, 0.15) is 5.56 Å². The highest BCUT2D eigenvalue weighted by atomic mass is 16.6. The third-order valence-electron chi connectivity index (χ3n) is 1.50. The fourth-order valence-corrected chi connectivity index (χ4v) is 0.870. The van der Waals surface area contributed by atoms with E-state index in [1.54, 1.807) is 24.3 Å². The van der Waals surface area contributed by atoms with Crippen molar-refractivity contribution < 1.29 is 14.5 Å². The Morgan fingerprint density at radius 1 is 1.47 bits per heavy atom. The van der Waals surface area contributed by atoms with Crippen molar-refractivity contribution in [2.45, 2.75) is 6.61 Å². The van der Waals surface area contributed by atoms with Crippen molar-refractivity contribution in [3.8, 4) is 0 Å². The second kappa shape index (κ2) is 5.58. The van der Waals surface area contributed by atoms with Crippen LogP contribution < -0.4 is 5.32 Å². The van der Waals surface area contributed by atoms with Crippen LogP contribution in [0.4, 0.5) is 4.79 Å². The van der Waals surface area contributed by atoms with E-state index in [1.165, 1.54) is 0 Å². The maximum absolute atomic E-state index is 10.9. The first-order valence-corrected chi connectivity index (χ1v) is 4.12. The summed E-state index contributed by atoms with van der Waals surface area (Å²) in [6.07, 6.45) is -0.851. The average molecular weight is 209 g/mol. The number of benzene rings is 1. The van der Waals surface area contributed by atoms with Gasteiger partial charge in [0.1, 0.15) is 6.61 Å². The second-order valence-corrected chi connectivity index (χ2v) is 2.62. The van der Waals surface area contributed by atoms with Gasteiger partial charge in [-0.05, 0) is 5.56 Å². The molecule has 6 nitrogen and oxygen atoms in total. The topological polar surface area (TPSA) is 81.5 Å². The molecule has 6 heteroatoms. The molecule has 1 radical (unpaired) electrons. The van der Waals surface area contributed by atoms with E-state index >= 15 is 0 Å². The van der Waals surface area contributed by atoms with Gasteiger partial charge in [0.05, 0.1) is 4.92 Å². The molecule has 0 aliphatic heterocycles. The van der Waals surface area contributed by atoms with Crippen molar-refractivity contribution in [3.63, 3.8) is 0 Å². The molecule has 0 bridgehead atoms. The van der Waals surface area contributed by atoms with Gasteiger partial charge in [0.15, 0.2) is 0 Å². The van der Waals surface area contributed by atoms with Gasteiger partial charge in [0.25, 0.3) is 0 Å². The lowest BCUT2D eigenvalue weighted by Crippen LogP contribution is -2.24. The zero-order valence-corrected chi connectivity index (χ0v) is 7.75. The van der Waals surface area contributed by atoms with Crippen LogP contribution in [0.25, 0.3) is 0 Å². The predicted molar refractivity (Wildman–Crippen MR) is 51.1 cm³/mol. The number of amides is 1. The Labute approximate surface area is 86.0 Å². The molecule has 0 heterocycles. The molecule has 0 fully saturated rings. The van der Waals surface area contributed by atoms with Crippen LogP contribution >= 0.6 is 0 Å². The molecule has 79 valence electrons. The van der Waals surface area contributed by atoms with E-state index in [9.17, 15) is 14.9 Å². The van der Waals surface area contributed by atoms with E-state index in [4.69, 9.17) is 4.74 Å². The maximum Gasteiger partial charge on any atom is 0.412 e. The monoisotopic (exact) mass is 209 g/mol. The minimum absolute atomic E-state index is 0.0816. The molecule has 1 aromatic rings. The van der Waals surface area contributed by atoms with Crippen LogP contribution in [-0.2, 0) is 11.3 Å². The summed E-state index contributed by atoms with van der Waals surface area (Å²) in [7, 11) is 0. The van der Waals surface area contributed by atoms with Crippen LogP contribution in [-0.4, -0.2) is 11.0 Å². The van der Waals surface area contributed by atoms with Gasteiger partial charge in [0.2, 0.25) is 0 Å². The second-order valence-electron chi connectivity index (χ2n) is 2.62. The zero-order chi connectivity index (χ0) is 11.1. The lowest BCUT2D eigenvalue weighted by atomic mass is 10.2. The van der Waals surface area contributed by atoms with Crippen molar-refractivity contribution in [1.82, 2.24) is 5.32 Å². The molecule has 0 aromatic heterocycles. The van der Waals surface area contributed by atoms with Crippen LogP contribution in [0.3, 0.4) is 0 Å². The molecule has 1 aromatic carbocycles. The summed E-state index contributed by atoms with van der Waals surface area (Å²) in [6, 6.07) is 9.01. The molecule has 15 heavy (non-hydrogen) atoms. The normalized spacial score (nSPS) is 9.33. The van der Waals surface area contributed by atoms with Gasteiger partial charge in [-0.1, -0.05) is 30.3 Å².